The smallest absolute Gasteiger partial charge is 0.251 e. The summed E-state index contributed by atoms with van der Waals surface area (Å²) in [6.45, 7) is 1.04. The van der Waals surface area contributed by atoms with Crippen LogP contribution in [0.4, 0.5) is 17.5 Å². The highest BCUT2D eigenvalue weighted by Gasteiger charge is 2.04. The van der Waals surface area contributed by atoms with Crippen molar-refractivity contribution >= 4 is 46.0 Å². The van der Waals surface area contributed by atoms with Crippen LogP contribution in [0.2, 0.25) is 0 Å². The zero-order valence-corrected chi connectivity index (χ0v) is 16.0. The number of nitrogens with zero attached hydrogens (tertiary/aromatic N) is 3. The predicted octanol–water partition coefficient (Wildman–Crippen LogP) is 3.06. The fourth-order valence-corrected chi connectivity index (χ4v) is 2.52. The fourth-order valence-electron chi connectivity index (χ4n) is 2.16. The molecule has 0 atom stereocenters. The average Bonchev–Trinajstić information content (AvgIpc) is 2.67. The zero-order chi connectivity index (χ0) is 18.2. The van der Waals surface area contributed by atoms with Crippen LogP contribution in [-0.2, 0) is 0 Å². The van der Waals surface area contributed by atoms with Crippen LogP contribution in [0.3, 0.4) is 0 Å². The van der Waals surface area contributed by atoms with Gasteiger partial charge in [0.2, 0.25) is 0 Å². The minimum atomic E-state index is -0.0941. The summed E-state index contributed by atoms with van der Waals surface area (Å²) in [4.78, 5) is 24.6. The molecular formula is C18H17IN6O. The highest BCUT2D eigenvalue weighted by atomic mass is 127. The Morgan fingerprint density at radius 1 is 0.923 bits per heavy atom. The maximum Gasteiger partial charge on any atom is 0.251 e. The molecule has 0 aliphatic carbocycles. The van der Waals surface area contributed by atoms with Crippen molar-refractivity contribution < 1.29 is 4.79 Å². The summed E-state index contributed by atoms with van der Waals surface area (Å²) >= 11 is 2.21. The summed E-state index contributed by atoms with van der Waals surface area (Å²) in [5.74, 6) is 1.93. The molecule has 3 rings (SSSR count). The Balaban J connectivity index is 1.47. The first kappa shape index (κ1) is 18.1. The van der Waals surface area contributed by atoms with Crippen molar-refractivity contribution in [1.29, 1.82) is 0 Å². The van der Waals surface area contributed by atoms with Crippen LogP contribution in [0.25, 0.3) is 0 Å². The van der Waals surface area contributed by atoms with Crippen molar-refractivity contribution in [2.75, 3.05) is 23.7 Å². The Bertz CT molecular complexity index is 857. The Kier molecular flexibility index (Phi) is 6.31. The molecule has 0 unspecified atom stereocenters. The number of rotatable bonds is 7. The van der Waals surface area contributed by atoms with Crippen LogP contribution in [0, 0.1) is 3.57 Å². The minimum Gasteiger partial charge on any atom is -0.368 e. The molecule has 0 saturated carbocycles. The molecule has 3 N–H and O–H groups in total. The average molecular weight is 460 g/mol. The van der Waals surface area contributed by atoms with Gasteiger partial charge in [-0.05, 0) is 59.0 Å². The van der Waals surface area contributed by atoms with E-state index in [0.717, 1.165) is 3.57 Å². The van der Waals surface area contributed by atoms with Crippen molar-refractivity contribution in [3.05, 3.63) is 70.2 Å². The standard InChI is InChI=1S/C18H17IN6O/c19-14-6-4-13(5-7-14)18(26)22-10-9-21-16-11-17(24-12-23-16)25-15-3-1-2-8-20-15/h1-8,11-12H,9-10H2,(H,22,26)(H2,20,21,23,24,25). The lowest BCUT2D eigenvalue weighted by Crippen LogP contribution is -2.28. The molecule has 7 nitrogen and oxygen atoms in total. The summed E-state index contributed by atoms with van der Waals surface area (Å²) in [6, 6.07) is 14.8. The minimum absolute atomic E-state index is 0.0941. The molecule has 0 saturated heterocycles. The molecule has 2 aromatic heterocycles. The topological polar surface area (TPSA) is 91.8 Å². The maximum atomic E-state index is 12.0. The number of hydrogen-bond acceptors (Lipinski definition) is 6. The van der Waals surface area contributed by atoms with Gasteiger partial charge in [-0.15, -0.1) is 0 Å². The number of nitrogens with one attached hydrogen (secondary N) is 3. The van der Waals surface area contributed by atoms with Gasteiger partial charge >= 0.3 is 0 Å². The summed E-state index contributed by atoms with van der Waals surface area (Å²) in [6.07, 6.45) is 3.18. The molecule has 3 aromatic rings. The van der Waals surface area contributed by atoms with E-state index in [-0.39, 0.29) is 5.91 Å². The van der Waals surface area contributed by atoms with E-state index in [1.165, 1.54) is 6.33 Å². The number of halogens is 1. The van der Waals surface area contributed by atoms with Crippen LogP contribution < -0.4 is 16.0 Å². The highest BCUT2D eigenvalue weighted by molar-refractivity contribution is 14.1. The van der Waals surface area contributed by atoms with E-state index in [0.29, 0.717) is 36.1 Å². The lowest BCUT2D eigenvalue weighted by atomic mass is 10.2. The van der Waals surface area contributed by atoms with Crippen molar-refractivity contribution in [3.63, 3.8) is 0 Å². The number of hydrogen-bond donors (Lipinski definition) is 3. The van der Waals surface area contributed by atoms with Gasteiger partial charge in [0, 0.05) is 34.5 Å². The lowest BCUT2D eigenvalue weighted by molar-refractivity contribution is 0.0955. The lowest BCUT2D eigenvalue weighted by Gasteiger charge is -2.09. The van der Waals surface area contributed by atoms with Crippen LogP contribution in [0.5, 0.6) is 0 Å². The number of benzene rings is 1. The van der Waals surface area contributed by atoms with Crippen molar-refractivity contribution in [3.8, 4) is 0 Å². The van der Waals surface area contributed by atoms with E-state index in [4.69, 9.17) is 0 Å². The molecule has 0 fully saturated rings. The third-order valence-electron chi connectivity index (χ3n) is 3.41. The quantitative estimate of drug-likeness (QED) is 0.371. The van der Waals surface area contributed by atoms with E-state index < -0.39 is 0 Å². The highest BCUT2D eigenvalue weighted by Crippen LogP contribution is 2.13. The summed E-state index contributed by atoms with van der Waals surface area (Å²) in [5.41, 5.74) is 0.647. The molecule has 0 aliphatic rings. The third kappa shape index (κ3) is 5.38. The summed E-state index contributed by atoms with van der Waals surface area (Å²) in [5, 5.41) is 9.14. The van der Waals surface area contributed by atoms with Gasteiger partial charge in [0.15, 0.2) is 0 Å². The summed E-state index contributed by atoms with van der Waals surface area (Å²) in [7, 11) is 0. The monoisotopic (exact) mass is 460 g/mol. The van der Waals surface area contributed by atoms with E-state index in [2.05, 4.69) is 53.5 Å². The molecule has 8 heteroatoms. The Morgan fingerprint density at radius 3 is 2.50 bits per heavy atom. The van der Waals surface area contributed by atoms with Gasteiger partial charge in [-0.1, -0.05) is 6.07 Å². The van der Waals surface area contributed by atoms with E-state index in [1.54, 1.807) is 12.3 Å². The second kappa shape index (κ2) is 9.09. The van der Waals surface area contributed by atoms with Crippen molar-refractivity contribution in [1.82, 2.24) is 20.3 Å². The van der Waals surface area contributed by atoms with Crippen LogP contribution in [-0.4, -0.2) is 33.9 Å². The van der Waals surface area contributed by atoms with Crippen molar-refractivity contribution in [2.45, 2.75) is 0 Å². The van der Waals surface area contributed by atoms with Gasteiger partial charge in [-0.25, -0.2) is 15.0 Å². The molecule has 0 aliphatic heterocycles. The number of carbonyl (C=O) groups is 1. The first-order valence-electron chi connectivity index (χ1n) is 7.98. The number of amides is 1. The van der Waals surface area contributed by atoms with Gasteiger partial charge in [-0.2, -0.15) is 0 Å². The SMILES string of the molecule is O=C(NCCNc1cc(Nc2ccccn2)ncn1)c1ccc(I)cc1. The van der Waals surface area contributed by atoms with Gasteiger partial charge in [0.05, 0.1) is 0 Å². The number of carbonyl (C=O) groups excluding carboxylic acids is 1. The first-order valence-corrected chi connectivity index (χ1v) is 9.06. The Labute approximate surface area is 164 Å². The molecular weight excluding hydrogens is 443 g/mol. The van der Waals surface area contributed by atoms with E-state index in [9.17, 15) is 4.79 Å². The molecule has 26 heavy (non-hydrogen) atoms. The van der Waals surface area contributed by atoms with Crippen LogP contribution in [0.15, 0.2) is 61.1 Å². The Morgan fingerprint density at radius 2 is 1.73 bits per heavy atom. The maximum absolute atomic E-state index is 12.0. The van der Waals surface area contributed by atoms with E-state index in [1.807, 2.05) is 42.5 Å². The first-order chi connectivity index (χ1) is 12.7. The summed E-state index contributed by atoms with van der Waals surface area (Å²) < 4.78 is 1.10. The number of anilines is 3. The van der Waals surface area contributed by atoms with Gasteiger partial charge in [0.25, 0.3) is 5.91 Å². The van der Waals surface area contributed by atoms with Gasteiger partial charge in [-0.3, -0.25) is 4.79 Å². The number of aromatic nitrogens is 3. The molecule has 0 bridgehead atoms. The largest absolute Gasteiger partial charge is 0.368 e. The zero-order valence-electron chi connectivity index (χ0n) is 13.8. The fraction of sp³-hybridized carbons (Fsp3) is 0.111. The second-order valence-electron chi connectivity index (χ2n) is 5.32. The van der Waals surface area contributed by atoms with Gasteiger partial charge in [0.1, 0.15) is 23.8 Å². The normalized spacial score (nSPS) is 10.2. The third-order valence-corrected chi connectivity index (χ3v) is 4.13. The molecule has 0 radical (unpaired) electrons. The predicted molar refractivity (Wildman–Crippen MR) is 110 cm³/mol. The molecule has 1 aromatic carbocycles. The molecule has 132 valence electrons. The van der Waals surface area contributed by atoms with Crippen LogP contribution in [0.1, 0.15) is 10.4 Å². The van der Waals surface area contributed by atoms with Crippen LogP contribution >= 0.6 is 22.6 Å². The van der Waals surface area contributed by atoms with E-state index >= 15 is 0 Å². The Hall–Kier alpha value is -2.75. The molecule has 0 spiro atoms. The number of pyridine rings is 1. The van der Waals surface area contributed by atoms with Gasteiger partial charge < -0.3 is 16.0 Å². The molecule has 1 amide bonds. The van der Waals surface area contributed by atoms with Crippen molar-refractivity contribution in [2.24, 2.45) is 0 Å². The second-order valence-corrected chi connectivity index (χ2v) is 6.56. The molecule has 2 heterocycles.